The molecule has 0 bridgehead atoms. The van der Waals surface area contributed by atoms with E-state index in [-0.39, 0.29) is 0 Å². The summed E-state index contributed by atoms with van der Waals surface area (Å²) in [5, 5.41) is 6.01. The number of halogens is 1. The number of benzene rings is 2. The van der Waals surface area contributed by atoms with Gasteiger partial charge >= 0.3 is 0 Å². The first kappa shape index (κ1) is 20.6. The van der Waals surface area contributed by atoms with Crippen LogP contribution in [0.25, 0.3) is 11.1 Å². The number of ether oxygens (including phenoxy) is 1. The molecule has 5 heteroatoms. The molecule has 0 unspecified atom stereocenters. The second-order valence-electron chi connectivity index (χ2n) is 6.63. The van der Waals surface area contributed by atoms with Gasteiger partial charge in [-0.1, -0.05) is 53.7 Å². The summed E-state index contributed by atoms with van der Waals surface area (Å²) in [7, 11) is 0. The first-order valence-corrected chi connectivity index (χ1v) is 10.6. The van der Waals surface area contributed by atoms with Crippen molar-refractivity contribution < 1.29 is 4.74 Å². The molecule has 0 saturated carbocycles. The van der Waals surface area contributed by atoms with E-state index in [1.165, 1.54) is 16.0 Å². The van der Waals surface area contributed by atoms with Gasteiger partial charge in [0.1, 0.15) is 17.3 Å². The van der Waals surface area contributed by atoms with E-state index in [0.29, 0.717) is 22.4 Å². The van der Waals surface area contributed by atoms with Crippen LogP contribution in [0.1, 0.15) is 24.3 Å². The largest absolute Gasteiger partial charge is 0.488 e. The molecule has 28 heavy (non-hydrogen) atoms. The first-order valence-electron chi connectivity index (χ1n) is 8.96. The molecule has 2 aromatic carbocycles. The lowest BCUT2D eigenvalue weighted by molar-refractivity contribution is 0.362. The van der Waals surface area contributed by atoms with Crippen LogP contribution in [0.3, 0.4) is 0 Å². The molecule has 2 nitrogen and oxygen atoms in total. The quantitative estimate of drug-likeness (QED) is 0.325. The zero-order valence-corrected chi connectivity index (χ0v) is 18.5. The molecule has 0 spiro atoms. The average Bonchev–Trinajstić information content (AvgIpc) is 3.09. The van der Waals surface area contributed by atoms with Gasteiger partial charge in [0.15, 0.2) is 0 Å². The summed E-state index contributed by atoms with van der Waals surface area (Å²) < 4.78 is 5.78. The van der Waals surface area contributed by atoms with Crippen LogP contribution in [0.15, 0.2) is 65.6 Å². The number of thiocarbonyl (C=S) groups is 1. The van der Waals surface area contributed by atoms with Crippen LogP contribution in [-0.2, 0) is 0 Å². The Morgan fingerprint density at radius 1 is 1.14 bits per heavy atom. The number of aryl methyl sites for hydroxylation is 1. The van der Waals surface area contributed by atoms with Gasteiger partial charge in [-0.15, -0.1) is 11.3 Å². The van der Waals surface area contributed by atoms with Crippen molar-refractivity contribution in [3.05, 3.63) is 81.0 Å². The number of nitrogens with one attached hydrogen (secondary N) is 1. The van der Waals surface area contributed by atoms with Crippen molar-refractivity contribution in [2.75, 3.05) is 11.9 Å². The lowest BCUT2D eigenvalue weighted by Crippen LogP contribution is -2.12. The lowest BCUT2D eigenvalue weighted by atomic mass is 10.0. The monoisotopic (exact) mass is 427 g/mol. The van der Waals surface area contributed by atoms with Crippen LogP contribution in [0, 0.1) is 6.92 Å². The van der Waals surface area contributed by atoms with Gasteiger partial charge in [0.05, 0.1) is 5.02 Å². The van der Waals surface area contributed by atoms with Gasteiger partial charge in [0.2, 0.25) is 0 Å². The van der Waals surface area contributed by atoms with Crippen molar-refractivity contribution in [3.63, 3.8) is 0 Å². The third-order valence-electron chi connectivity index (χ3n) is 4.24. The fourth-order valence-corrected chi connectivity index (χ4v) is 3.95. The van der Waals surface area contributed by atoms with E-state index in [4.69, 9.17) is 28.6 Å². The molecule has 1 aromatic heterocycles. The summed E-state index contributed by atoms with van der Waals surface area (Å²) >= 11 is 13.7. The smallest absolute Gasteiger partial charge is 0.140 e. The van der Waals surface area contributed by atoms with Gasteiger partial charge in [-0.05, 0) is 61.6 Å². The Hall–Kier alpha value is -2.14. The fourth-order valence-electron chi connectivity index (χ4n) is 2.77. The van der Waals surface area contributed by atoms with E-state index < -0.39 is 0 Å². The van der Waals surface area contributed by atoms with Gasteiger partial charge in [-0.25, -0.2) is 0 Å². The third-order valence-corrected chi connectivity index (χ3v) is 5.72. The van der Waals surface area contributed by atoms with Crippen molar-refractivity contribution in [3.8, 4) is 16.9 Å². The second kappa shape index (κ2) is 9.37. The van der Waals surface area contributed by atoms with Crippen molar-refractivity contribution >= 4 is 45.8 Å². The normalized spacial score (nSPS) is 10.4. The minimum atomic E-state index is 0.482. The zero-order chi connectivity index (χ0) is 20.1. The number of thiophene rings is 1. The van der Waals surface area contributed by atoms with E-state index in [1.807, 2.05) is 56.3 Å². The highest BCUT2D eigenvalue weighted by atomic mass is 35.5. The maximum atomic E-state index is 6.27. The molecule has 0 amide bonds. The Morgan fingerprint density at radius 2 is 1.93 bits per heavy atom. The molecule has 0 aliphatic rings. The van der Waals surface area contributed by atoms with Crippen molar-refractivity contribution in [2.24, 2.45) is 0 Å². The predicted molar refractivity (Wildman–Crippen MR) is 126 cm³/mol. The summed E-state index contributed by atoms with van der Waals surface area (Å²) in [5.41, 5.74) is 5.39. The van der Waals surface area contributed by atoms with Gasteiger partial charge in [-0.2, -0.15) is 0 Å². The average molecular weight is 428 g/mol. The fraction of sp³-hybridized carbons (Fsp3) is 0.174. The minimum absolute atomic E-state index is 0.482. The zero-order valence-electron chi connectivity index (χ0n) is 16.1. The van der Waals surface area contributed by atoms with E-state index in [1.54, 1.807) is 11.3 Å². The van der Waals surface area contributed by atoms with E-state index in [0.717, 1.165) is 16.8 Å². The molecule has 0 aliphatic heterocycles. The molecule has 1 N–H and O–H groups in total. The van der Waals surface area contributed by atoms with Gasteiger partial charge < -0.3 is 10.1 Å². The molecule has 0 radical (unpaired) electrons. The Labute approximate surface area is 180 Å². The van der Waals surface area contributed by atoms with Crippen LogP contribution in [0.2, 0.25) is 5.02 Å². The van der Waals surface area contributed by atoms with E-state index in [2.05, 4.69) is 29.8 Å². The summed E-state index contributed by atoms with van der Waals surface area (Å²) in [6.07, 6.45) is 2.01. The molecule has 3 rings (SSSR count). The van der Waals surface area contributed by atoms with E-state index in [9.17, 15) is 0 Å². The highest BCUT2D eigenvalue weighted by Gasteiger charge is 2.13. The van der Waals surface area contributed by atoms with Crippen molar-refractivity contribution in [2.45, 2.75) is 20.8 Å². The molecule has 3 aromatic rings. The second-order valence-corrected chi connectivity index (χ2v) is 8.56. The molecular formula is C23H22ClNOS2. The highest BCUT2D eigenvalue weighted by molar-refractivity contribution is 7.81. The van der Waals surface area contributed by atoms with Crippen molar-refractivity contribution in [1.29, 1.82) is 0 Å². The van der Waals surface area contributed by atoms with Crippen LogP contribution in [0.4, 0.5) is 5.69 Å². The molecule has 0 atom stereocenters. The van der Waals surface area contributed by atoms with Crippen LogP contribution < -0.4 is 10.1 Å². The van der Waals surface area contributed by atoms with Crippen LogP contribution in [-0.4, -0.2) is 11.6 Å². The third kappa shape index (κ3) is 5.02. The number of hydrogen-bond acceptors (Lipinski definition) is 3. The highest BCUT2D eigenvalue weighted by Crippen LogP contribution is 2.32. The molecule has 0 saturated heterocycles. The summed E-state index contributed by atoms with van der Waals surface area (Å²) in [5.74, 6) is 0.633. The van der Waals surface area contributed by atoms with Gasteiger partial charge in [0, 0.05) is 22.2 Å². The Bertz CT molecular complexity index is 1020. The SMILES string of the molecule is CC(C)=CCOc1cc(NC(=S)c2ccccc2-c2ccsc2C)ccc1Cl. The standard InChI is InChI=1S/C23H22ClNOS2/c1-15(2)10-12-26-22-14-17(8-9-21(22)24)25-23(27)20-7-5-4-6-19(20)18-11-13-28-16(18)3/h4-11,13-14H,12H2,1-3H3,(H,25,27). The van der Waals surface area contributed by atoms with Crippen LogP contribution in [0.5, 0.6) is 5.75 Å². The molecule has 0 fully saturated rings. The maximum Gasteiger partial charge on any atom is 0.140 e. The molecule has 1 heterocycles. The Balaban J connectivity index is 1.83. The summed E-state index contributed by atoms with van der Waals surface area (Å²) in [6.45, 7) is 6.68. The predicted octanol–water partition coefficient (Wildman–Crippen LogP) is 7.51. The number of rotatable bonds is 6. The summed E-state index contributed by atoms with van der Waals surface area (Å²) in [4.78, 5) is 1.94. The number of anilines is 1. The maximum absolute atomic E-state index is 6.27. The van der Waals surface area contributed by atoms with E-state index >= 15 is 0 Å². The topological polar surface area (TPSA) is 21.3 Å². The Morgan fingerprint density at radius 3 is 2.64 bits per heavy atom. The molecule has 144 valence electrons. The van der Waals surface area contributed by atoms with Crippen LogP contribution >= 0.6 is 35.2 Å². The first-order chi connectivity index (χ1) is 13.5. The van der Waals surface area contributed by atoms with Crippen molar-refractivity contribution in [1.82, 2.24) is 0 Å². The number of hydrogen-bond donors (Lipinski definition) is 1. The van der Waals surface area contributed by atoms with Gasteiger partial charge in [-0.3, -0.25) is 0 Å². The lowest BCUT2D eigenvalue weighted by Gasteiger charge is -2.14. The number of allylic oxidation sites excluding steroid dienone is 1. The summed E-state index contributed by atoms with van der Waals surface area (Å²) in [6, 6.07) is 15.9. The molecular weight excluding hydrogens is 406 g/mol. The Kier molecular flexibility index (Phi) is 6.89. The van der Waals surface area contributed by atoms with Gasteiger partial charge in [0.25, 0.3) is 0 Å². The minimum Gasteiger partial charge on any atom is -0.488 e. The molecule has 0 aliphatic carbocycles.